The number of rotatable bonds is 1. The molecule has 0 aromatic carbocycles. The summed E-state index contributed by atoms with van der Waals surface area (Å²) in [7, 11) is 2.10. The lowest BCUT2D eigenvalue weighted by atomic mass is 10.1. The molecule has 2 rings (SSSR count). The number of likely N-dealkylation sites (N-methyl/N-ethyl adjacent to an activating group) is 1. The number of nitrogens with zero attached hydrogens (tertiary/aromatic N) is 1. The largest absolute Gasteiger partial charge is 0.328 e. The van der Waals surface area contributed by atoms with Gasteiger partial charge in [0.25, 0.3) is 5.56 Å². The van der Waals surface area contributed by atoms with Crippen LogP contribution >= 0.6 is 15.9 Å². The minimum Gasteiger partial charge on any atom is -0.328 e. The van der Waals surface area contributed by atoms with Crippen LogP contribution in [0.4, 0.5) is 0 Å². The molecule has 1 fully saturated rings. The molecule has 0 aliphatic carbocycles. The molecule has 0 spiro atoms. The van der Waals surface area contributed by atoms with E-state index in [-0.39, 0.29) is 5.56 Å². The van der Waals surface area contributed by atoms with E-state index >= 15 is 0 Å². The number of hydrogen-bond donors (Lipinski definition) is 2. The van der Waals surface area contributed by atoms with Gasteiger partial charge >= 0.3 is 0 Å². The number of halogens is 1. The second kappa shape index (κ2) is 4.47. The normalized spacial score (nSPS) is 22.9. The van der Waals surface area contributed by atoms with E-state index in [1.807, 2.05) is 6.07 Å². The van der Waals surface area contributed by atoms with Gasteiger partial charge in [0.2, 0.25) is 0 Å². The Morgan fingerprint density at radius 1 is 1.60 bits per heavy atom. The summed E-state index contributed by atoms with van der Waals surface area (Å²) in [4.78, 5) is 16.2. The Hall–Kier alpha value is -0.650. The van der Waals surface area contributed by atoms with E-state index in [2.05, 4.69) is 38.2 Å². The van der Waals surface area contributed by atoms with Crippen LogP contribution in [0.5, 0.6) is 0 Å². The van der Waals surface area contributed by atoms with Crippen molar-refractivity contribution in [3.05, 3.63) is 32.7 Å². The second-order valence-corrected chi connectivity index (χ2v) is 4.66. The first kappa shape index (κ1) is 10.9. The Kier molecular flexibility index (Phi) is 3.23. The highest BCUT2D eigenvalue weighted by Crippen LogP contribution is 2.20. The number of pyridine rings is 1. The molecule has 15 heavy (non-hydrogen) atoms. The van der Waals surface area contributed by atoms with Gasteiger partial charge in [-0.15, -0.1) is 0 Å². The number of H-pyrrole nitrogens is 1. The fraction of sp³-hybridized carbons (Fsp3) is 0.500. The Morgan fingerprint density at radius 3 is 3.07 bits per heavy atom. The van der Waals surface area contributed by atoms with Gasteiger partial charge in [-0.1, -0.05) is 0 Å². The molecule has 4 nitrogen and oxygen atoms in total. The van der Waals surface area contributed by atoms with E-state index < -0.39 is 0 Å². The molecule has 1 unspecified atom stereocenters. The first-order chi connectivity index (χ1) is 7.18. The summed E-state index contributed by atoms with van der Waals surface area (Å²) in [6.45, 7) is 2.98. The highest BCUT2D eigenvalue weighted by Gasteiger charge is 2.20. The van der Waals surface area contributed by atoms with Crippen LogP contribution in [0.2, 0.25) is 0 Å². The third kappa shape index (κ3) is 2.30. The fourth-order valence-electron chi connectivity index (χ4n) is 1.84. The molecule has 0 radical (unpaired) electrons. The molecule has 1 aromatic heterocycles. The number of piperazine rings is 1. The predicted molar refractivity (Wildman–Crippen MR) is 63.0 cm³/mol. The average Bonchev–Trinajstić information content (AvgIpc) is 2.23. The maximum atomic E-state index is 11.2. The molecular weight excluding hydrogens is 258 g/mol. The molecule has 0 amide bonds. The van der Waals surface area contributed by atoms with Crippen LogP contribution in [0.15, 0.2) is 21.5 Å². The molecule has 0 saturated carbocycles. The minimum absolute atomic E-state index is 0.0785. The fourth-order valence-corrected chi connectivity index (χ4v) is 2.22. The summed E-state index contributed by atoms with van der Waals surface area (Å²) >= 11 is 3.25. The molecule has 1 aromatic rings. The van der Waals surface area contributed by atoms with Crippen molar-refractivity contribution in [1.29, 1.82) is 0 Å². The Labute approximate surface area is 96.8 Å². The van der Waals surface area contributed by atoms with Gasteiger partial charge in [-0.2, -0.15) is 0 Å². The van der Waals surface area contributed by atoms with E-state index in [0.717, 1.165) is 25.2 Å². The summed E-state index contributed by atoms with van der Waals surface area (Å²) < 4.78 is 0.596. The number of aromatic nitrogens is 1. The van der Waals surface area contributed by atoms with Gasteiger partial charge in [-0.3, -0.25) is 9.69 Å². The molecule has 1 aliphatic heterocycles. The summed E-state index contributed by atoms with van der Waals surface area (Å²) in [6.07, 6.45) is 1.79. The van der Waals surface area contributed by atoms with Crippen molar-refractivity contribution >= 4 is 15.9 Å². The van der Waals surface area contributed by atoms with Crippen molar-refractivity contribution in [3.63, 3.8) is 0 Å². The van der Waals surface area contributed by atoms with Crippen molar-refractivity contribution in [1.82, 2.24) is 15.2 Å². The maximum absolute atomic E-state index is 11.2. The van der Waals surface area contributed by atoms with Gasteiger partial charge in [0.1, 0.15) is 0 Å². The highest BCUT2D eigenvalue weighted by molar-refractivity contribution is 9.10. The van der Waals surface area contributed by atoms with Crippen LogP contribution in [0.25, 0.3) is 0 Å². The third-order valence-electron chi connectivity index (χ3n) is 2.78. The molecule has 2 heterocycles. The monoisotopic (exact) mass is 271 g/mol. The molecule has 82 valence electrons. The van der Waals surface area contributed by atoms with Gasteiger partial charge in [-0.25, -0.2) is 0 Å². The lowest BCUT2D eigenvalue weighted by Gasteiger charge is -2.33. The first-order valence-corrected chi connectivity index (χ1v) is 5.77. The van der Waals surface area contributed by atoms with Crippen molar-refractivity contribution in [2.45, 2.75) is 6.04 Å². The van der Waals surface area contributed by atoms with Crippen molar-refractivity contribution < 1.29 is 0 Å². The van der Waals surface area contributed by atoms with E-state index in [1.54, 1.807) is 6.20 Å². The first-order valence-electron chi connectivity index (χ1n) is 4.97. The summed E-state index contributed by atoms with van der Waals surface area (Å²) in [5.41, 5.74) is 1.06. The average molecular weight is 272 g/mol. The van der Waals surface area contributed by atoms with Crippen LogP contribution < -0.4 is 10.9 Å². The summed E-state index contributed by atoms with van der Waals surface area (Å²) in [5.74, 6) is 0. The zero-order chi connectivity index (χ0) is 10.8. The van der Waals surface area contributed by atoms with Crippen molar-refractivity contribution in [2.75, 3.05) is 26.7 Å². The predicted octanol–water partition coefficient (Wildman–Crippen LogP) is 0.713. The second-order valence-electron chi connectivity index (χ2n) is 3.81. The molecule has 1 atom stereocenters. The van der Waals surface area contributed by atoms with Gasteiger partial charge in [0.05, 0.1) is 4.47 Å². The number of hydrogen-bond acceptors (Lipinski definition) is 3. The summed E-state index contributed by atoms with van der Waals surface area (Å²) in [5, 5.41) is 3.35. The molecule has 5 heteroatoms. The SMILES string of the molecule is CN1CCNCC1c1c[nH]c(=O)c(Br)c1. The number of nitrogens with one attached hydrogen (secondary N) is 2. The molecule has 1 aliphatic rings. The van der Waals surface area contributed by atoms with Crippen molar-refractivity contribution in [2.24, 2.45) is 0 Å². The zero-order valence-electron chi connectivity index (χ0n) is 8.59. The Morgan fingerprint density at radius 2 is 2.40 bits per heavy atom. The van der Waals surface area contributed by atoms with E-state index in [1.165, 1.54) is 0 Å². The zero-order valence-corrected chi connectivity index (χ0v) is 10.2. The smallest absolute Gasteiger partial charge is 0.262 e. The quantitative estimate of drug-likeness (QED) is 0.791. The van der Waals surface area contributed by atoms with E-state index in [0.29, 0.717) is 10.5 Å². The van der Waals surface area contributed by atoms with Gasteiger partial charge in [0.15, 0.2) is 0 Å². The van der Waals surface area contributed by atoms with Crippen LogP contribution in [0.3, 0.4) is 0 Å². The molecule has 1 saturated heterocycles. The van der Waals surface area contributed by atoms with Crippen LogP contribution in [0.1, 0.15) is 11.6 Å². The van der Waals surface area contributed by atoms with Gasteiger partial charge in [-0.05, 0) is 34.6 Å². The van der Waals surface area contributed by atoms with E-state index in [4.69, 9.17) is 0 Å². The van der Waals surface area contributed by atoms with Crippen LogP contribution in [-0.2, 0) is 0 Å². The minimum atomic E-state index is -0.0785. The lowest BCUT2D eigenvalue weighted by molar-refractivity contribution is 0.202. The maximum Gasteiger partial charge on any atom is 0.262 e. The van der Waals surface area contributed by atoms with Gasteiger partial charge < -0.3 is 10.3 Å². The van der Waals surface area contributed by atoms with Crippen LogP contribution in [-0.4, -0.2) is 36.6 Å². The Balaban J connectivity index is 2.28. The molecule has 0 bridgehead atoms. The standard InChI is InChI=1S/C10H14BrN3O/c1-14-3-2-12-6-9(14)7-4-8(11)10(15)13-5-7/h4-5,9,12H,2-3,6H2,1H3,(H,13,15). The van der Waals surface area contributed by atoms with E-state index in [9.17, 15) is 4.79 Å². The van der Waals surface area contributed by atoms with Crippen LogP contribution in [0, 0.1) is 0 Å². The number of aromatic amines is 1. The molecular formula is C10H14BrN3O. The topological polar surface area (TPSA) is 48.1 Å². The summed E-state index contributed by atoms with van der Waals surface area (Å²) in [6, 6.07) is 2.24. The third-order valence-corrected chi connectivity index (χ3v) is 3.37. The Bertz CT molecular complexity index is 404. The lowest BCUT2D eigenvalue weighted by Crippen LogP contribution is -2.43. The molecule has 2 N–H and O–H groups in total. The highest BCUT2D eigenvalue weighted by atomic mass is 79.9. The van der Waals surface area contributed by atoms with Gasteiger partial charge in [0, 0.05) is 31.9 Å². The van der Waals surface area contributed by atoms with Crippen molar-refractivity contribution in [3.8, 4) is 0 Å².